The number of hydrogen-bond donors (Lipinski definition) is 2. The molecule has 2 atom stereocenters. The Morgan fingerprint density at radius 1 is 1.47 bits per heavy atom. The van der Waals surface area contributed by atoms with Crippen molar-refractivity contribution in [1.82, 2.24) is 10.6 Å². The average molecular weight is 278 g/mol. The molecule has 104 valence electrons. The van der Waals surface area contributed by atoms with Gasteiger partial charge in [0.05, 0.1) is 5.56 Å². The van der Waals surface area contributed by atoms with E-state index in [1.807, 2.05) is 30.5 Å². The van der Waals surface area contributed by atoms with E-state index in [-0.39, 0.29) is 11.9 Å². The molecule has 1 aliphatic rings. The Morgan fingerprint density at radius 2 is 2.26 bits per heavy atom. The topological polar surface area (TPSA) is 41.1 Å². The Balaban J connectivity index is 1.99. The summed E-state index contributed by atoms with van der Waals surface area (Å²) >= 11 is 1.61. The Labute approximate surface area is 119 Å². The molecule has 1 aromatic carbocycles. The molecule has 0 saturated carbocycles. The van der Waals surface area contributed by atoms with Gasteiger partial charge in [-0.3, -0.25) is 4.79 Å². The molecule has 1 saturated heterocycles. The zero-order valence-electron chi connectivity index (χ0n) is 11.6. The maximum atomic E-state index is 12.3. The van der Waals surface area contributed by atoms with Crippen molar-refractivity contribution in [2.45, 2.75) is 30.7 Å². The molecule has 0 aliphatic carbocycles. The van der Waals surface area contributed by atoms with Gasteiger partial charge in [0.1, 0.15) is 0 Å². The molecule has 0 radical (unpaired) electrons. The van der Waals surface area contributed by atoms with Crippen molar-refractivity contribution in [3.63, 3.8) is 0 Å². The molecular formula is C15H22N2OS. The molecule has 2 rings (SSSR count). The average Bonchev–Trinajstić information content (AvgIpc) is 2.48. The van der Waals surface area contributed by atoms with Crippen LogP contribution in [0.5, 0.6) is 0 Å². The standard InChI is InChI=1S/C15H22N2OS/c1-11(12-6-5-9-16-10-12)17-15(18)13-7-3-4-8-14(13)19-2/h3-4,7-8,11-12,16H,5-6,9-10H2,1-2H3,(H,17,18). The van der Waals surface area contributed by atoms with E-state index in [2.05, 4.69) is 17.6 Å². The van der Waals surface area contributed by atoms with Crippen LogP contribution >= 0.6 is 11.8 Å². The van der Waals surface area contributed by atoms with Crippen LogP contribution in [0.3, 0.4) is 0 Å². The van der Waals surface area contributed by atoms with Crippen molar-refractivity contribution >= 4 is 17.7 Å². The highest BCUT2D eigenvalue weighted by Gasteiger charge is 2.22. The number of carbonyl (C=O) groups excluding carboxylic acids is 1. The number of benzene rings is 1. The Kier molecular flexibility index (Phi) is 5.28. The molecule has 1 fully saturated rings. The Bertz CT molecular complexity index is 430. The number of piperidine rings is 1. The summed E-state index contributed by atoms with van der Waals surface area (Å²) in [7, 11) is 0. The van der Waals surface area contributed by atoms with Crippen LogP contribution in [0.2, 0.25) is 0 Å². The van der Waals surface area contributed by atoms with Gasteiger partial charge >= 0.3 is 0 Å². The first-order valence-electron chi connectivity index (χ1n) is 6.87. The second kappa shape index (κ2) is 6.96. The summed E-state index contributed by atoms with van der Waals surface area (Å²) in [6, 6.07) is 7.99. The Hall–Kier alpha value is -1.00. The number of thioether (sulfide) groups is 1. The van der Waals surface area contributed by atoms with Crippen LogP contribution in [-0.2, 0) is 0 Å². The zero-order chi connectivity index (χ0) is 13.7. The summed E-state index contributed by atoms with van der Waals surface area (Å²) in [5.41, 5.74) is 0.783. The van der Waals surface area contributed by atoms with Crippen LogP contribution in [0.25, 0.3) is 0 Å². The van der Waals surface area contributed by atoms with E-state index in [0.29, 0.717) is 5.92 Å². The summed E-state index contributed by atoms with van der Waals surface area (Å²) in [5, 5.41) is 6.54. The highest BCUT2D eigenvalue weighted by Crippen LogP contribution is 2.20. The molecular weight excluding hydrogens is 256 g/mol. The van der Waals surface area contributed by atoms with Crippen molar-refractivity contribution in [3.8, 4) is 0 Å². The van der Waals surface area contributed by atoms with Crippen LogP contribution in [0, 0.1) is 5.92 Å². The SMILES string of the molecule is CSc1ccccc1C(=O)NC(C)C1CCCNC1. The van der Waals surface area contributed by atoms with Crippen LogP contribution in [-0.4, -0.2) is 31.3 Å². The lowest BCUT2D eigenvalue weighted by Crippen LogP contribution is -2.44. The fourth-order valence-electron chi connectivity index (χ4n) is 2.54. The van der Waals surface area contributed by atoms with E-state index >= 15 is 0 Å². The summed E-state index contributed by atoms with van der Waals surface area (Å²) < 4.78 is 0. The van der Waals surface area contributed by atoms with Crippen LogP contribution in [0.4, 0.5) is 0 Å². The summed E-state index contributed by atoms with van der Waals surface area (Å²) in [6.45, 7) is 4.22. The van der Waals surface area contributed by atoms with Crippen molar-refractivity contribution < 1.29 is 4.79 Å². The molecule has 1 amide bonds. The van der Waals surface area contributed by atoms with Gasteiger partial charge < -0.3 is 10.6 Å². The van der Waals surface area contributed by atoms with E-state index in [1.165, 1.54) is 12.8 Å². The van der Waals surface area contributed by atoms with E-state index in [0.717, 1.165) is 23.5 Å². The van der Waals surface area contributed by atoms with E-state index in [9.17, 15) is 4.79 Å². The van der Waals surface area contributed by atoms with Crippen molar-refractivity contribution in [2.24, 2.45) is 5.92 Å². The van der Waals surface area contributed by atoms with Gasteiger partial charge in [0.25, 0.3) is 5.91 Å². The molecule has 2 unspecified atom stereocenters. The predicted octanol–water partition coefficient (Wildman–Crippen LogP) is 2.53. The van der Waals surface area contributed by atoms with Crippen molar-refractivity contribution in [1.29, 1.82) is 0 Å². The van der Waals surface area contributed by atoms with Crippen molar-refractivity contribution in [2.75, 3.05) is 19.3 Å². The van der Waals surface area contributed by atoms with Gasteiger partial charge in [0.15, 0.2) is 0 Å². The molecule has 2 N–H and O–H groups in total. The monoisotopic (exact) mass is 278 g/mol. The highest BCUT2D eigenvalue weighted by atomic mass is 32.2. The fourth-order valence-corrected chi connectivity index (χ4v) is 3.14. The summed E-state index contributed by atoms with van der Waals surface area (Å²) in [4.78, 5) is 13.4. The lowest BCUT2D eigenvalue weighted by atomic mass is 9.92. The van der Waals surface area contributed by atoms with Gasteiger partial charge in [-0.15, -0.1) is 11.8 Å². The predicted molar refractivity (Wildman–Crippen MR) is 80.7 cm³/mol. The third-order valence-corrected chi connectivity index (χ3v) is 4.55. The first-order chi connectivity index (χ1) is 9.22. The van der Waals surface area contributed by atoms with Crippen molar-refractivity contribution in [3.05, 3.63) is 29.8 Å². The molecule has 3 nitrogen and oxygen atoms in total. The van der Waals surface area contributed by atoms with Gasteiger partial charge in [0, 0.05) is 10.9 Å². The second-order valence-electron chi connectivity index (χ2n) is 5.07. The van der Waals surface area contributed by atoms with Gasteiger partial charge in [-0.05, 0) is 57.2 Å². The number of carbonyl (C=O) groups is 1. The van der Waals surface area contributed by atoms with Crippen LogP contribution in [0.1, 0.15) is 30.1 Å². The fraction of sp³-hybridized carbons (Fsp3) is 0.533. The maximum absolute atomic E-state index is 12.3. The summed E-state index contributed by atoms with van der Waals surface area (Å²) in [5.74, 6) is 0.585. The number of hydrogen-bond acceptors (Lipinski definition) is 3. The number of amides is 1. The third-order valence-electron chi connectivity index (χ3n) is 3.75. The maximum Gasteiger partial charge on any atom is 0.252 e. The normalized spacial score (nSPS) is 20.8. The molecule has 0 bridgehead atoms. The summed E-state index contributed by atoms with van der Waals surface area (Å²) in [6.07, 6.45) is 4.39. The van der Waals surface area contributed by atoms with Crippen LogP contribution in [0.15, 0.2) is 29.2 Å². The number of nitrogens with one attached hydrogen (secondary N) is 2. The van der Waals surface area contributed by atoms with Gasteiger partial charge in [-0.25, -0.2) is 0 Å². The van der Waals surface area contributed by atoms with Gasteiger partial charge in [-0.2, -0.15) is 0 Å². The quantitative estimate of drug-likeness (QED) is 0.832. The molecule has 0 aromatic heterocycles. The Morgan fingerprint density at radius 3 is 2.95 bits per heavy atom. The first-order valence-corrected chi connectivity index (χ1v) is 8.09. The third kappa shape index (κ3) is 3.74. The first kappa shape index (κ1) is 14.4. The molecule has 1 heterocycles. The van der Waals surface area contributed by atoms with E-state index in [1.54, 1.807) is 11.8 Å². The minimum atomic E-state index is 0.0445. The number of rotatable bonds is 4. The molecule has 1 aromatic rings. The van der Waals surface area contributed by atoms with Gasteiger partial charge in [0.2, 0.25) is 0 Å². The molecule has 0 spiro atoms. The highest BCUT2D eigenvalue weighted by molar-refractivity contribution is 7.98. The van der Waals surface area contributed by atoms with E-state index in [4.69, 9.17) is 0 Å². The minimum Gasteiger partial charge on any atom is -0.349 e. The van der Waals surface area contributed by atoms with E-state index < -0.39 is 0 Å². The largest absolute Gasteiger partial charge is 0.349 e. The van der Waals surface area contributed by atoms with Gasteiger partial charge in [-0.1, -0.05) is 12.1 Å². The van der Waals surface area contributed by atoms with Crippen LogP contribution < -0.4 is 10.6 Å². The second-order valence-corrected chi connectivity index (χ2v) is 5.92. The lowest BCUT2D eigenvalue weighted by Gasteiger charge is -2.29. The smallest absolute Gasteiger partial charge is 0.252 e. The minimum absolute atomic E-state index is 0.0445. The molecule has 4 heteroatoms. The molecule has 1 aliphatic heterocycles. The molecule has 19 heavy (non-hydrogen) atoms. The zero-order valence-corrected chi connectivity index (χ0v) is 12.4. The lowest BCUT2D eigenvalue weighted by molar-refractivity contribution is 0.0919.